The number of carbonyl (C=O) groups excluding carboxylic acids is 1. The summed E-state index contributed by atoms with van der Waals surface area (Å²) in [4.78, 5) is 12.1. The SMILES string of the molecule is NCC1(C(=O)Cc2ccc(Cl)cc2)CCC1. The van der Waals surface area contributed by atoms with E-state index in [0.29, 0.717) is 18.0 Å². The number of benzene rings is 1. The van der Waals surface area contributed by atoms with E-state index in [1.807, 2.05) is 24.3 Å². The first-order valence-electron chi connectivity index (χ1n) is 5.64. The van der Waals surface area contributed by atoms with Crippen LogP contribution in [0.15, 0.2) is 24.3 Å². The average molecular weight is 238 g/mol. The maximum atomic E-state index is 12.1. The van der Waals surface area contributed by atoms with E-state index >= 15 is 0 Å². The van der Waals surface area contributed by atoms with E-state index in [2.05, 4.69) is 0 Å². The standard InChI is InChI=1S/C13H16ClNO/c14-11-4-2-10(3-5-11)8-12(16)13(9-15)6-1-7-13/h2-5H,1,6-9,15H2. The van der Waals surface area contributed by atoms with Crippen LogP contribution in [0.5, 0.6) is 0 Å². The van der Waals surface area contributed by atoms with Gasteiger partial charge in [-0.2, -0.15) is 0 Å². The molecule has 1 saturated carbocycles. The van der Waals surface area contributed by atoms with Crippen molar-refractivity contribution < 1.29 is 4.79 Å². The molecule has 1 aliphatic rings. The first kappa shape index (κ1) is 11.6. The van der Waals surface area contributed by atoms with Crippen molar-refractivity contribution >= 4 is 17.4 Å². The summed E-state index contributed by atoms with van der Waals surface area (Å²) < 4.78 is 0. The first-order valence-corrected chi connectivity index (χ1v) is 6.02. The van der Waals surface area contributed by atoms with Crippen LogP contribution in [0.1, 0.15) is 24.8 Å². The number of hydrogen-bond donors (Lipinski definition) is 1. The van der Waals surface area contributed by atoms with Crippen LogP contribution in [0.3, 0.4) is 0 Å². The zero-order valence-electron chi connectivity index (χ0n) is 9.21. The minimum absolute atomic E-state index is 0.223. The van der Waals surface area contributed by atoms with Gasteiger partial charge in [-0.25, -0.2) is 0 Å². The van der Waals surface area contributed by atoms with Crippen molar-refractivity contribution in [2.75, 3.05) is 6.54 Å². The van der Waals surface area contributed by atoms with Crippen LogP contribution >= 0.6 is 11.6 Å². The Morgan fingerprint density at radius 1 is 1.31 bits per heavy atom. The summed E-state index contributed by atoms with van der Waals surface area (Å²) in [5.41, 5.74) is 6.51. The molecule has 86 valence electrons. The van der Waals surface area contributed by atoms with E-state index in [-0.39, 0.29) is 11.2 Å². The number of ketones is 1. The molecule has 0 saturated heterocycles. The molecule has 0 bridgehead atoms. The second-order valence-corrected chi connectivity index (χ2v) is 5.00. The Kier molecular flexibility index (Phi) is 3.31. The highest BCUT2D eigenvalue weighted by molar-refractivity contribution is 6.30. The van der Waals surface area contributed by atoms with Crippen molar-refractivity contribution in [1.82, 2.24) is 0 Å². The predicted octanol–water partition coefficient (Wildman–Crippen LogP) is 2.58. The van der Waals surface area contributed by atoms with E-state index < -0.39 is 0 Å². The number of carbonyl (C=O) groups is 1. The zero-order chi connectivity index (χ0) is 11.6. The van der Waals surface area contributed by atoms with Crippen LogP contribution in [0.25, 0.3) is 0 Å². The molecule has 0 unspecified atom stereocenters. The van der Waals surface area contributed by atoms with Gasteiger partial charge in [0.1, 0.15) is 5.78 Å². The van der Waals surface area contributed by atoms with Crippen LogP contribution in [0.2, 0.25) is 5.02 Å². The van der Waals surface area contributed by atoms with E-state index in [1.54, 1.807) is 0 Å². The highest BCUT2D eigenvalue weighted by atomic mass is 35.5. The van der Waals surface area contributed by atoms with Gasteiger partial charge in [0.15, 0.2) is 0 Å². The van der Waals surface area contributed by atoms with Gasteiger partial charge in [-0.15, -0.1) is 0 Å². The number of nitrogens with two attached hydrogens (primary N) is 1. The van der Waals surface area contributed by atoms with E-state index in [4.69, 9.17) is 17.3 Å². The maximum Gasteiger partial charge on any atom is 0.144 e. The third-order valence-corrected chi connectivity index (χ3v) is 3.82. The smallest absolute Gasteiger partial charge is 0.144 e. The quantitative estimate of drug-likeness (QED) is 0.875. The molecule has 1 aromatic rings. The Labute approximate surface area is 101 Å². The van der Waals surface area contributed by atoms with Gasteiger partial charge in [-0.05, 0) is 30.5 Å². The van der Waals surface area contributed by atoms with Gasteiger partial charge in [0.05, 0.1) is 0 Å². The molecular formula is C13H16ClNO. The molecule has 0 radical (unpaired) electrons. The van der Waals surface area contributed by atoms with Gasteiger partial charge in [0.25, 0.3) is 0 Å². The molecule has 3 heteroatoms. The van der Waals surface area contributed by atoms with Crippen molar-refractivity contribution in [2.45, 2.75) is 25.7 Å². The molecular weight excluding hydrogens is 222 g/mol. The summed E-state index contributed by atoms with van der Waals surface area (Å²) in [6, 6.07) is 7.45. The molecule has 2 N–H and O–H groups in total. The molecule has 2 nitrogen and oxygen atoms in total. The van der Waals surface area contributed by atoms with Crippen molar-refractivity contribution in [3.63, 3.8) is 0 Å². The largest absolute Gasteiger partial charge is 0.329 e. The number of hydrogen-bond acceptors (Lipinski definition) is 2. The monoisotopic (exact) mass is 237 g/mol. The molecule has 0 amide bonds. The maximum absolute atomic E-state index is 12.1. The normalized spacial score (nSPS) is 17.9. The lowest BCUT2D eigenvalue weighted by Crippen LogP contribution is -2.45. The Hall–Kier alpha value is -0.860. The molecule has 0 heterocycles. The molecule has 0 aliphatic heterocycles. The van der Waals surface area contributed by atoms with Gasteiger partial charge >= 0.3 is 0 Å². The summed E-state index contributed by atoms with van der Waals surface area (Å²) in [5, 5.41) is 0.702. The predicted molar refractivity (Wildman–Crippen MR) is 65.5 cm³/mol. The fourth-order valence-corrected chi connectivity index (χ4v) is 2.30. The Morgan fingerprint density at radius 3 is 2.38 bits per heavy atom. The topological polar surface area (TPSA) is 43.1 Å². The summed E-state index contributed by atoms with van der Waals surface area (Å²) in [5.74, 6) is 0.281. The van der Waals surface area contributed by atoms with Crippen LogP contribution in [0, 0.1) is 5.41 Å². The van der Waals surface area contributed by atoms with Gasteiger partial charge in [-0.1, -0.05) is 30.2 Å². The minimum Gasteiger partial charge on any atom is -0.329 e. The Balaban J connectivity index is 2.04. The number of rotatable bonds is 4. The van der Waals surface area contributed by atoms with Gasteiger partial charge < -0.3 is 5.73 Å². The lowest BCUT2D eigenvalue weighted by molar-refractivity contribution is -0.132. The second kappa shape index (κ2) is 4.56. The zero-order valence-corrected chi connectivity index (χ0v) is 9.96. The highest BCUT2D eigenvalue weighted by Crippen LogP contribution is 2.41. The molecule has 16 heavy (non-hydrogen) atoms. The third-order valence-electron chi connectivity index (χ3n) is 3.57. The van der Waals surface area contributed by atoms with Crippen molar-refractivity contribution in [3.8, 4) is 0 Å². The molecule has 1 aromatic carbocycles. The van der Waals surface area contributed by atoms with E-state index in [1.165, 1.54) is 0 Å². The number of halogens is 1. The highest BCUT2D eigenvalue weighted by Gasteiger charge is 2.41. The molecule has 0 spiro atoms. The summed E-state index contributed by atoms with van der Waals surface area (Å²) >= 11 is 5.80. The lowest BCUT2D eigenvalue weighted by atomic mass is 9.65. The van der Waals surface area contributed by atoms with E-state index in [0.717, 1.165) is 24.8 Å². The fourth-order valence-electron chi connectivity index (χ4n) is 2.18. The molecule has 0 atom stereocenters. The molecule has 2 rings (SSSR count). The van der Waals surface area contributed by atoms with E-state index in [9.17, 15) is 4.79 Å². The van der Waals surface area contributed by atoms with Crippen LogP contribution in [0.4, 0.5) is 0 Å². The fraction of sp³-hybridized carbons (Fsp3) is 0.462. The van der Waals surface area contributed by atoms with Gasteiger partial charge in [0, 0.05) is 23.4 Å². The summed E-state index contributed by atoms with van der Waals surface area (Å²) in [6.45, 7) is 0.486. The first-order chi connectivity index (χ1) is 7.66. The summed E-state index contributed by atoms with van der Waals surface area (Å²) in [7, 11) is 0. The molecule has 1 aliphatic carbocycles. The minimum atomic E-state index is -0.223. The van der Waals surface area contributed by atoms with Crippen molar-refractivity contribution in [1.29, 1.82) is 0 Å². The Bertz CT molecular complexity index is 376. The molecule has 0 aromatic heterocycles. The number of Topliss-reactive ketones (excluding diaryl/α,β-unsaturated/α-hetero) is 1. The van der Waals surface area contributed by atoms with Crippen molar-refractivity contribution in [2.24, 2.45) is 11.1 Å². The van der Waals surface area contributed by atoms with Crippen LogP contribution < -0.4 is 5.73 Å². The van der Waals surface area contributed by atoms with Crippen molar-refractivity contribution in [3.05, 3.63) is 34.9 Å². The lowest BCUT2D eigenvalue weighted by Gasteiger charge is -2.39. The molecule has 1 fully saturated rings. The summed E-state index contributed by atoms with van der Waals surface area (Å²) in [6.07, 6.45) is 3.52. The Morgan fingerprint density at radius 2 is 1.94 bits per heavy atom. The average Bonchev–Trinajstić information content (AvgIpc) is 2.21. The van der Waals surface area contributed by atoms with Crippen LogP contribution in [-0.2, 0) is 11.2 Å². The van der Waals surface area contributed by atoms with Gasteiger partial charge in [-0.3, -0.25) is 4.79 Å². The van der Waals surface area contributed by atoms with Gasteiger partial charge in [0.2, 0.25) is 0 Å². The second-order valence-electron chi connectivity index (χ2n) is 4.56. The third kappa shape index (κ3) is 2.13. The van der Waals surface area contributed by atoms with Crippen LogP contribution in [-0.4, -0.2) is 12.3 Å².